The highest BCUT2D eigenvalue weighted by atomic mass is 14.4. The van der Waals surface area contributed by atoms with E-state index >= 15 is 0 Å². The molecule has 0 unspecified atom stereocenters. The fraction of sp³-hybridized carbons (Fsp3) is 0.0826. The zero-order valence-electron chi connectivity index (χ0n) is 63.0. The Morgan fingerprint density at radius 3 is 0.771 bits per heavy atom. The van der Waals surface area contributed by atoms with Crippen LogP contribution in [0.4, 0.5) is 0 Å². The maximum absolute atomic E-state index is 2.43. The van der Waals surface area contributed by atoms with Crippen molar-refractivity contribution in [3.05, 3.63) is 396 Å². The second kappa shape index (κ2) is 26.8. The first-order valence-electron chi connectivity index (χ1n) is 38.4. The number of fused-ring (bicyclic) bond motifs is 11. The van der Waals surface area contributed by atoms with Crippen molar-refractivity contribution in [2.24, 2.45) is 0 Å². The number of hydrogen-bond donors (Lipinski definition) is 0. The molecule has 0 atom stereocenters. The molecule has 18 aromatic rings. The minimum Gasteiger partial charge on any atom is -0.0622 e. The van der Waals surface area contributed by atoms with Crippen molar-refractivity contribution >= 4 is 43.1 Å². The lowest BCUT2D eigenvalue weighted by atomic mass is 9.81. The Kier molecular flexibility index (Phi) is 16.4. The van der Waals surface area contributed by atoms with Crippen LogP contribution >= 0.6 is 0 Å². The van der Waals surface area contributed by atoms with Gasteiger partial charge in [0.2, 0.25) is 0 Å². The molecule has 0 fully saturated rings. The van der Waals surface area contributed by atoms with E-state index in [0.717, 1.165) is 0 Å². The third kappa shape index (κ3) is 11.4. The van der Waals surface area contributed by atoms with Crippen LogP contribution in [-0.4, -0.2) is 0 Å². The van der Waals surface area contributed by atoms with Crippen LogP contribution in [0.1, 0.15) is 58.4 Å². The van der Waals surface area contributed by atoms with Crippen molar-refractivity contribution < 1.29 is 0 Å². The molecule has 21 rings (SSSR count). The van der Waals surface area contributed by atoms with Crippen LogP contribution < -0.4 is 0 Å². The van der Waals surface area contributed by atoms with Gasteiger partial charge in [-0.15, -0.1) is 0 Å². The second-order valence-electron chi connectivity index (χ2n) is 31.0. The molecule has 3 aliphatic carbocycles. The summed E-state index contributed by atoms with van der Waals surface area (Å²) < 4.78 is 0. The van der Waals surface area contributed by atoms with Crippen molar-refractivity contribution in [3.8, 4) is 145 Å². The molecule has 0 nitrogen and oxygen atoms in total. The Morgan fingerprint density at radius 1 is 0.156 bits per heavy atom. The minimum atomic E-state index is 0.142. The Bertz CT molecular complexity index is 6350. The lowest BCUT2D eigenvalue weighted by Crippen LogP contribution is -2.15. The summed E-state index contributed by atoms with van der Waals surface area (Å²) in [5.41, 5.74) is 44.6. The molecule has 0 aromatic heterocycles. The van der Waals surface area contributed by atoms with E-state index in [1.807, 2.05) is 0 Å². The van der Waals surface area contributed by atoms with Crippen molar-refractivity contribution in [3.63, 3.8) is 0 Å². The van der Waals surface area contributed by atoms with Crippen LogP contribution in [0.3, 0.4) is 0 Å². The number of aryl methyl sites for hydroxylation is 6. The molecular formula is C109H82. The molecule has 518 valence electrons. The molecule has 0 saturated heterocycles. The van der Waals surface area contributed by atoms with Crippen LogP contribution in [0.15, 0.2) is 352 Å². The van der Waals surface area contributed by atoms with Crippen LogP contribution in [0.2, 0.25) is 0 Å². The molecule has 0 saturated carbocycles. The first kappa shape index (κ1) is 66.7. The van der Waals surface area contributed by atoms with E-state index < -0.39 is 0 Å². The summed E-state index contributed by atoms with van der Waals surface area (Å²) in [6, 6.07) is 131. The molecular weight excluding hydrogens is 1310 g/mol. The molecule has 109 heavy (non-hydrogen) atoms. The van der Waals surface area contributed by atoms with Gasteiger partial charge in [-0.2, -0.15) is 0 Å². The quantitative estimate of drug-likeness (QED) is 0.142. The number of hydrogen-bond acceptors (Lipinski definition) is 0. The van der Waals surface area contributed by atoms with Gasteiger partial charge in [-0.3, -0.25) is 0 Å². The molecule has 3 aliphatic rings. The lowest BCUT2D eigenvalue weighted by Gasteiger charge is -2.22. The van der Waals surface area contributed by atoms with Crippen LogP contribution in [0, 0.1) is 41.5 Å². The molecule has 0 bridgehead atoms. The summed E-state index contributed by atoms with van der Waals surface area (Å²) in [6.07, 6.45) is 0. The third-order valence-corrected chi connectivity index (χ3v) is 23.4. The summed E-state index contributed by atoms with van der Waals surface area (Å²) in [5, 5.41) is 10.4. The topological polar surface area (TPSA) is 0 Å². The van der Waals surface area contributed by atoms with Gasteiger partial charge >= 0.3 is 0 Å². The summed E-state index contributed by atoms with van der Waals surface area (Å²) in [7, 11) is 0. The van der Waals surface area contributed by atoms with Crippen LogP contribution in [0.25, 0.3) is 188 Å². The average Bonchev–Trinajstić information content (AvgIpc) is 1.56. The molecule has 18 aromatic carbocycles. The Morgan fingerprint density at radius 2 is 0.422 bits per heavy atom. The first-order chi connectivity index (χ1) is 53.3. The Hall–Kier alpha value is -13.0. The highest BCUT2D eigenvalue weighted by molar-refractivity contribution is 6.31. The standard InChI is InChI=1S/2C46H32.C17H18/c1-29-12-9-18-33(26-29)34-22-23-38-41(28-34)43(32-16-7-4-8-17-32)45-39-21-11-20-37-36(35-19-10-13-30(2)27-35)24-25-40(44(37)39)46(45)42(38)31-14-5-3-6-15-31;1-29-12-9-18-33(26-29)34-22-23-38-41(28-34)43(32-16-7-4-8-17-32)46-40-25-24-36(35-19-10-13-30(2)27-35)37-20-11-21-39(44(37)40)45(46)42(38)31-14-5-3-6-15-31;1-11-5-7-13-14-8-6-12(2)10-16(14)17(3,4)15(13)9-11/h2*3-28H,1-2H3;5-10H,1-4H3. The molecule has 0 radical (unpaired) electrons. The molecule has 0 heterocycles. The predicted molar refractivity (Wildman–Crippen MR) is 468 cm³/mol. The van der Waals surface area contributed by atoms with E-state index in [-0.39, 0.29) is 5.41 Å². The molecule has 0 amide bonds. The molecule has 0 aliphatic heterocycles. The number of benzene rings is 18. The van der Waals surface area contributed by atoms with Crippen molar-refractivity contribution in [2.75, 3.05) is 0 Å². The molecule has 0 N–H and O–H groups in total. The predicted octanol–water partition coefficient (Wildman–Crippen LogP) is 30.5. The summed E-state index contributed by atoms with van der Waals surface area (Å²) in [5.74, 6) is 0. The van der Waals surface area contributed by atoms with E-state index in [4.69, 9.17) is 0 Å². The maximum Gasteiger partial charge on any atom is 0.0159 e. The van der Waals surface area contributed by atoms with Gasteiger partial charge in [-0.25, -0.2) is 0 Å². The van der Waals surface area contributed by atoms with Gasteiger partial charge in [0.1, 0.15) is 0 Å². The Labute approximate surface area is 640 Å². The summed E-state index contributed by atoms with van der Waals surface area (Å²) in [6.45, 7) is 17.7. The zero-order valence-corrected chi connectivity index (χ0v) is 63.0. The fourth-order valence-corrected chi connectivity index (χ4v) is 18.4. The van der Waals surface area contributed by atoms with Gasteiger partial charge in [0.15, 0.2) is 0 Å². The molecule has 0 heteroatoms. The van der Waals surface area contributed by atoms with Gasteiger partial charge in [0, 0.05) is 5.41 Å². The first-order valence-corrected chi connectivity index (χ1v) is 38.4. The number of rotatable bonds is 8. The summed E-state index contributed by atoms with van der Waals surface area (Å²) >= 11 is 0. The van der Waals surface area contributed by atoms with Gasteiger partial charge < -0.3 is 0 Å². The lowest BCUT2D eigenvalue weighted by molar-refractivity contribution is 0.659. The monoisotopic (exact) mass is 1390 g/mol. The van der Waals surface area contributed by atoms with E-state index in [1.165, 1.54) is 232 Å². The summed E-state index contributed by atoms with van der Waals surface area (Å²) in [4.78, 5) is 0. The van der Waals surface area contributed by atoms with Crippen LogP contribution in [0.5, 0.6) is 0 Å². The van der Waals surface area contributed by atoms with Gasteiger partial charge in [0.05, 0.1) is 0 Å². The van der Waals surface area contributed by atoms with Crippen molar-refractivity contribution in [2.45, 2.75) is 60.8 Å². The maximum atomic E-state index is 2.43. The van der Waals surface area contributed by atoms with E-state index in [2.05, 4.69) is 407 Å². The SMILES string of the molecule is Cc1ccc2c(c1)C(C)(C)c1cc(C)ccc1-2.Cc1cccc(-c2ccc3c(-c4ccccc4)c4c(c(-c5ccccc5)c3c2)-c2ccc(-c3cccc(C)c3)c3cccc-4c23)c1.Cc1cccc(-c2ccc3c(-c4ccccc4)c4c(c(-c5ccccc5)c3c2)-c2cccc3c(-c5cccc(C)c5)ccc-4c23)c1. The van der Waals surface area contributed by atoms with E-state index in [1.54, 1.807) is 0 Å². The van der Waals surface area contributed by atoms with Crippen molar-refractivity contribution in [1.29, 1.82) is 0 Å². The van der Waals surface area contributed by atoms with Gasteiger partial charge in [-0.1, -0.05) is 387 Å². The largest absolute Gasteiger partial charge is 0.0622 e. The van der Waals surface area contributed by atoms with E-state index in [0.29, 0.717) is 0 Å². The van der Waals surface area contributed by atoms with Gasteiger partial charge in [0.25, 0.3) is 0 Å². The van der Waals surface area contributed by atoms with Gasteiger partial charge in [-0.05, 0) is 253 Å². The zero-order chi connectivity index (χ0) is 73.8. The Balaban J connectivity index is 0.000000122. The molecule has 0 spiro atoms. The fourth-order valence-electron chi connectivity index (χ4n) is 18.4. The normalized spacial score (nSPS) is 12.3. The average molecular weight is 1390 g/mol. The second-order valence-corrected chi connectivity index (χ2v) is 31.0. The minimum absolute atomic E-state index is 0.142. The van der Waals surface area contributed by atoms with Crippen molar-refractivity contribution in [1.82, 2.24) is 0 Å². The third-order valence-electron chi connectivity index (χ3n) is 23.4. The van der Waals surface area contributed by atoms with E-state index in [9.17, 15) is 0 Å². The highest BCUT2D eigenvalue weighted by Gasteiger charge is 2.37. The smallest absolute Gasteiger partial charge is 0.0159 e. The highest BCUT2D eigenvalue weighted by Crippen LogP contribution is 2.61. The van der Waals surface area contributed by atoms with Crippen LogP contribution in [-0.2, 0) is 5.41 Å².